The van der Waals surface area contributed by atoms with E-state index in [2.05, 4.69) is 5.32 Å². The van der Waals surface area contributed by atoms with Gasteiger partial charge >= 0.3 is 5.97 Å². The standard InChI is InChI=1S/C26H28ClNO6S.ClH/c1-26(2,28-16-24(29)19-4-3-5-20(27)14-19)15-18-6-10-22(11-7-18)35(32,33)23-12-8-21(9-13-23)34-17-25(30)31;/h3-14,24,28-29H,15-17H2,1-2H3,(H,30,31);1H/t24-;/m0./s1. The number of hydrogen-bond donors (Lipinski definition) is 3. The summed E-state index contributed by atoms with van der Waals surface area (Å²) in [5.74, 6) is -0.839. The van der Waals surface area contributed by atoms with Crippen LogP contribution in [0.3, 0.4) is 0 Å². The lowest BCUT2D eigenvalue weighted by atomic mass is 9.94. The molecule has 3 aromatic carbocycles. The van der Waals surface area contributed by atoms with Gasteiger partial charge in [-0.05, 0) is 79.9 Å². The van der Waals surface area contributed by atoms with Gasteiger partial charge in [-0.2, -0.15) is 0 Å². The Morgan fingerprint density at radius 3 is 2.17 bits per heavy atom. The number of sulfone groups is 1. The monoisotopic (exact) mass is 553 g/mol. The minimum absolute atomic E-state index is 0. The minimum Gasteiger partial charge on any atom is -0.482 e. The van der Waals surface area contributed by atoms with E-state index in [4.69, 9.17) is 21.4 Å². The van der Waals surface area contributed by atoms with Crippen molar-refractivity contribution in [2.75, 3.05) is 13.2 Å². The molecule has 0 aliphatic carbocycles. The topological polar surface area (TPSA) is 113 Å². The van der Waals surface area contributed by atoms with Gasteiger partial charge in [-0.25, -0.2) is 13.2 Å². The molecule has 0 amide bonds. The Morgan fingerprint density at radius 2 is 1.61 bits per heavy atom. The van der Waals surface area contributed by atoms with Crippen LogP contribution >= 0.6 is 24.0 Å². The van der Waals surface area contributed by atoms with Crippen LogP contribution in [-0.2, 0) is 21.1 Å². The van der Waals surface area contributed by atoms with Gasteiger partial charge in [-0.15, -0.1) is 12.4 Å². The summed E-state index contributed by atoms with van der Waals surface area (Å²) in [6.07, 6.45) is -0.0908. The van der Waals surface area contributed by atoms with Gasteiger partial charge < -0.3 is 20.3 Å². The molecule has 3 rings (SSSR count). The Morgan fingerprint density at radius 1 is 1.03 bits per heavy atom. The molecule has 0 spiro atoms. The van der Waals surface area contributed by atoms with Crippen molar-refractivity contribution in [3.8, 4) is 5.75 Å². The third kappa shape index (κ3) is 8.21. The number of benzene rings is 3. The number of carboxylic acid groups (broad SMARTS) is 1. The van der Waals surface area contributed by atoms with Gasteiger partial charge in [-0.3, -0.25) is 0 Å². The van der Waals surface area contributed by atoms with Crippen molar-refractivity contribution in [1.82, 2.24) is 5.32 Å². The number of hydrogen-bond acceptors (Lipinski definition) is 6. The number of carboxylic acids is 1. The highest BCUT2D eigenvalue weighted by molar-refractivity contribution is 7.91. The molecular formula is C26H29Cl2NO6S. The van der Waals surface area contributed by atoms with Crippen molar-refractivity contribution in [3.63, 3.8) is 0 Å². The van der Waals surface area contributed by atoms with Gasteiger partial charge in [0.2, 0.25) is 9.84 Å². The number of carbonyl (C=O) groups is 1. The Kier molecular flexibility index (Phi) is 10.3. The molecule has 0 bridgehead atoms. The van der Waals surface area contributed by atoms with E-state index in [0.29, 0.717) is 18.0 Å². The molecule has 0 aliphatic rings. The van der Waals surface area contributed by atoms with Gasteiger partial charge in [0, 0.05) is 17.1 Å². The number of nitrogens with one attached hydrogen (secondary N) is 1. The zero-order valence-electron chi connectivity index (χ0n) is 19.8. The predicted molar refractivity (Wildman–Crippen MR) is 141 cm³/mol. The van der Waals surface area contributed by atoms with Crippen LogP contribution in [0, 0.1) is 0 Å². The summed E-state index contributed by atoms with van der Waals surface area (Å²) in [5, 5.41) is 23.1. The predicted octanol–water partition coefficient (Wildman–Crippen LogP) is 4.70. The van der Waals surface area contributed by atoms with Gasteiger partial charge in [0.25, 0.3) is 0 Å². The van der Waals surface area contributed by atoms with Gasteiger partial charge in [0.05, 0.1) is 15.9 Å². The molecule has 0 saturated carbocycles. The van der Waals surface area contributed by atoms with Crippen LogP contribution in [-0.4, -0.2) is 43.3 Å². The van der Waals surface area contributed by atoms with Crippen LogP contribution in [0.15, 0.2) is 82.6 Å². The largest absolute Gasteiger partial charge is 0.482 e. The van der Waals surface area contributed by atoms with Gasteiger partial charge in [0.15, 0.2) is 6.61 Å². The molecule has 3 N–H and O–H groups in total. The highest BCUT2D eigenvalue weighted by Gasteiger charge is 2.22. The summed E-state index contributed by atoms with van der Waals surface area (Å²) in [4.78, 5) is 10.8. The van der Waals surface area contributed by atoms with Crippen LogP contribution in [0.1, 0.15) is 31.1 Å². The molecule has 0 unspecified atom stereocenters. The van der Waals surface area contributed by atoms with E-state index < -0.39 is 28.5 Å². The van der Waals surface area contributed by atoms with Crippen LogP contribution in [0.4, 0.5) is 0 Å². The first-order chi connectivity index (χ1) is 16.5. The maximum Gasteiger partial charge on any atom is 0.341 e. The second-order valence-corrected chi connectivity index (χ2v) is 11.2. The lowest BCUT2D eigenvalue weighted by Gasteiger charge is -2.28. The summed E-state index contributed by atoms with van der Waals surface area (Å²) in [5.41, 5.74) is 1.32. The molecule has 0 heterocycles. The number of β-amino-alcohol motifs (C(OH)–C–C–N with tert-alkyl or cyclic N) is 1. The third-order valence-electron chi connectivity index (χ3n) is 5.38. The fourth-order valence-corrected chi connectivity index (χ4v) is 5.02. The molecule has 3 aromatic rings. The number of aliphatic hydroxyl groups excluding tert-OH is 1. The first-order valence-corrected chi connectivity index (χ1v) is 12.8. The Hall–Kier alpha value is -2.62. The van der Waals surface area contributed by atoms with Crippen LogP contribution < -0.4 is 10.1 Å². The number of rotatable bonds is 11. The van der Waals surface area contributed by atoms with E-state index in [1.54, 1.807) is 42.5 Å². The maximum atomic E-state index is 13.0. The van der Waals surface area contributed by atoms with Gasteiger partial charge in [0.1, 0.15) is 5.75 Å². The normalized spacial score (nSPS) is 12.4. The van der Waals surface area contributed by atoms with Crippen LogP contribution in [0.2, 0.25) is 5.02 Å². The minimum atomic E-state index is -3.73. The first-order valence-electron chi connectivity index (χ1n) is 10.9. The van der Waals surface area contributed by atoms with Crippen molar-refractivity contribution < 1.29 is 28.2 Å². The second kappa shape index (κ2) is 12.6. The number of aliphatic hydroxyl groups is 1. The average molecular weight is 554 g/mol. The number of aliphatic carboxylic acids is 1. The van der Waals surface area contributed by atoms with Crippen molar-refractivity contribution in [2.45, 2.75) is 41.7 Å². The smallest absolute Gasteiger partial charge is 0.341 e. The summed E-state index contributed by atoms with van der Waals surface area (Å²) in [7, 11) is -3.73. The summed E-state index contributed by atoms with van der Waals surface area (Å²) in [6, 6.07) is 19.4. The molecule has 1 atom stereocenters. The Bertz CT molecular complexity index is 1260. The van der Waals surface area contributed by atoms with E-state index in [1.807, 2.05) is 19.9 Å². The average Bonchev–Trinajstić information content (AvgIpc) is 2.81. The SMILES string of the molecule is CC(C)(Cc1ccc(S(=O)(=O)c2ccc(OCC(=O)O)cc2)cc1)NC[C@H](O)c1cccc(Cl)c1.Cl. The van der Waals surface area contributed by atoms with Crippen LogP contribution in [0.25, 0.3) is 0 Å². The molecule has 0 aromatic heterocycles. The molecular weight excluding hydrogens is 525 g/mol. The van der Waals surface area contributed by atoms with E-state index in [0.717, 1.165) is 11.1 Å². The second-order valence-electron chi connectivity index (χ2n) is 8.81. The Labute approximate surface area is 222 Å². The lowest BCUT2D eigenvalue weighted by Crippen LogP contribution is -2.43. The molecule has 0 aliphatic heterocycles. The fourth-order valence-electron chi connectivity index (χ4n) is 3.56. The molecule has 0 radical (unpaired) electrons. The number of ether oxygens (including phenoxy) is 1. The third-order valence-corrected chi connectivity index (χ3v) is 7.40. The highest BCUT2D eigenvalue weighted by atomic mass is 35.5. The van der Waals surface area contributed by atoms with E-state index in [-0.39, 0.29) is 33.5 Å². The molecule has 10 heteroatoms. The van der Waals surface area contributed by atoms with Crippen molar-refractivity contribution in [2.24, 2.45) is 0 Å². The van der Waals surface area contributed by atoms with Crippen molar-refractivity contribution in [1.29, 1.82) is 0 Å². The van der Waals surface area contributed by atoms with E-state index >= 15 is 0 Å². The molecule has 194 valence electrons. The Balaban J connectivity index is 0.00000456. The summed E-state index contributed by atoms with van der Waals surface area (Å²) in [6.45, 7) is 3.86. The van der Waals surface area contributed by atoms with E-state index in [1.165, 1.54) is 24.3 Å². The summed E-state index contributed by atoms with van der Waals surface area (Å²) >= 11 is 6.00. The van der Waals surface area contributed by atoms with Crippen molar-refractivity contribution in [3.05, 3.63) is 88.9 Å². The van der Waals surface area contributed by atoms with Crippen LogP contribution in [0.5, 0.6) is 5.75 Å². The molecule has 7 nitrogen and oxygen atoms in total. The molecule has 0 fully saturated rings. The zero-order valence-corrected chi connectivity index (χ0v) is 22.2. The molecule has 0 saturated heterocycles. The fraction of sp³-hybridized carbons (Fsp3) is 0.269. The lowest BCUT2D eigenvalue weighted by molar-refractivity contribution is -0.139. The van der Waals surface area contributed by atoms with Crippen molar-refractivity contribution >= 4 is 39.8 Å². The molecule has 36 heavy (non-hydrogen) atoms. The first kappa shape index (κ1) is 29.6. The maximum absolute atomic E-state index is 13.0. The quantitative estimate of drug-likeness (QED) is 0.315. The zero-order chi connectivity index (χ0) is 25.6. The van der Waals surface area contributed by atoms with E-state index in [9.17, 15) is 18.3 Å². The highest BCUT2D eigenvalue weighted by Crippen LogP contribution is 2.25. The van der Waals surface area contributed by atoms with Gasteiger partial charge in [-0.1, -0.05) is 35.9 Å². The summed E-state index contributed by atoms with van der Waals surface area (Å²) < 4.78 is 31.0. The number of halogens is 2.